The number of hydrogen-bond acceptors (Lipinski definition) is 1. The lowest BCUT2D eigenvalue weighted by Crippen LogP contribution is -1.85. The van der Waals surface area contributed by atoms with Gasteiger partial charge >= 0.3 is 0 Å². The third-order valence-corrected chi connectivity index (χ3v) is 2.10. The minimum absolute atomic E-state index is 0.342. The first-order valence-corrected chi connectivity index (χ1v) is 4.72. The molecule has 75 valence electrons. The number of hydrogen-bond donors (Lipinski definition) is 0. The van der Waals surface area contributed by atoms with Crippen LogP contribution < -0.4 is 4.74 Å². The molecule has 3 heteroatoms. The summed E-state index contributed by atoms with van der Waals surface area (Å²) in [5.74, 6) is 0.565. The summed E-state index contributed by atoms with van der Waals surface area (Å²) >= 11 is 5.86. The van der Waals surface area contributed by atoms with E-state index in [0.29, 0.717) is 16.5 Å². The molecule has 0 fully saturated rings. The van der Waals surface area contributed by atoms with E-state index in [9.17, 15) is 4.39 Å². The van der Waals surface area contributed by atoms with Gasteiger partial charge in [0.2, 0.25) is 0 Å². The van der Waals surface area contributed by atoms with Crippen molar-refractivity contribution in [3.05, 3.63) is 59.4 Å². The van der Waals surface area contributed by atoms with Crippen LogP contribution in [0.1, 0.15) is 0 Å². The van der Waals surface area contributed by atoms with Crippen LogP contribution in [0.25, 0.3) is 0 Å². The van der Waals surface area contributed by atoms with Gasteiger partial charge in [-0.2, -0.15) is 0 Å². The van der Waals surface area contributed by atoms with Gasteiger partial charge in [-0.25, -0.2) is 4.39 Å². The topological polar surface area (TPSA) is 9.23 Å². The Bertz CT molecular complexity index is 471. The van der Waals surface area contributed by atoms with Crippen LogP contribution in [0.15, 0.2) is 42.5 Å². The minimum Gasteiger partial charge on any atom is -0.456 e. The second-order valence-electron chi connectivity index (χ2n) is 2.92. The molecule has 0 saturated carbocycles. The maximum atomic E-state index is 12.9. The number of rotatable bonds is 2. The molecule has 2 rings (SSSR count). The summed E-state index contributed by atoms with van der Waals surface area (Å²) in [6.45, 7) is 0. The smallest absolute Gasteiger partial charge is 0.146 e. The fraction of sp³-hybridized carbons (Fsp3) is 0. The highest BCUT2D eigenvalue weighted by atomic mass is 35.5. The van der Waals surface area contributed by atoms with Crippen LogP contribution in [0.4, 0.5) is 4.39 Å². The Morgan fingerprint density at radius 1 is 1.27 bits per heavy atom. The van der Waals surface area contributed by atoms with Gasteiger partial charge in [0, 0.05) is 6.07 Å². The molecule has 2 aromatic carbocycles. The standard InChI is InChI=1S/C12H7ClFO/c13-11-6-1-2-7-12(11)15-10-5-3-4-9(14)8-10/h2-8H. The third kappa shape index (κ3) is 2.48. The van der Waals surface area contributed by atoms with E-state index < -0.39 is 0 Å². The van der Waals surface area contributed by atoms with Crippen molar-refractivity contribution in [3.8, 4) is 11.5 Å². The highest BCUT2D eigenvalue weighted by Gasteiger charge is 2.02. The molecule has 0 heterocycles. The predicted molar refractivity (Wildman–Crippen MR) is 56.8 cm³/mol. The SMILES string of the molecule is Fc1cccc(Oc2cc[c]cc2Cl)c1. The van der Waals surface area contributed by atoms with Crippen molar-refractivity contribution in [2.75, 3.05) is 0 Å². The second-order valence-corrected chi connectivity index (χ2v) is 3.32. The van der Waals surface area contributed by atoms with Gasteiger partial charge in [0.1, 0.15) is 17.3 Å². The van der Waals surface area contributed by atoms with E-state index in [1.165, 1.54) is 12.1 Å². The molecule has 1 nitrogen and oxygen atoms in total. The molecule has 0 saturated heterocycles. The van der Waals surface area contributed by atoms with Gasteiger partial charge in [-0.3, -0.25) is 0 Å². The van der Waals surface area contributed by atoms with E-state index in [-0.39, 0.29) is 5.82 Å². The molecule has 0 aliphatic heterocycles. The van der Waals surface area contributed by atoms with Gasteiger partial charge < -0.3 is 4.74 Å². The largest absolute Gasteiger partial charge is 0.456 e. The minimum atomic E-state index is -0.342. The van der Waals surface area contributed by atoms with Crippen molar-refractivity contribution in [3.63, 3.8) is 0 Å². The van der Waals surface area contributed by atoms with Crippen LogP contribution in [0.3, 0.4) is 0 Å². The summed E-state index contributed by atoms with van der Waals surface area (Å²) in [4.78, 5) is 0. The molecular weight excluding hydrogens is 215 g/mol. The van der Waals surface area contributed by atoms with Crippen molar-refractivity contribution in [1.82, 2.24) is 0 Å². The van der Waals surface area contributed by atoms with E-state index in [2.05, 4.69) is 6.07 Å². The maximum Gasteiger partial charge on any atom is 0.146 e. The van der Waals surface area contributed by atoms with Crippen LogP contribution in [0.2, 0.25) is 5.02 Å². The van der Waals surface area contributed by atoms with E-state index in [0.717, 1.165) is 0 Å². The van der Waals surface area contributed by atoms with Gasteiger partial charge in [0.05, 0.1) is 5.02 Å². The van der Waals surface area contributed by atoms with Crippen LogP contribution in [0.5, 0.6) is 11.5 Å². The average molecular weight is 222 g/mol. The zero-order chi connectivity index (χ0) is 10.7. The molecule has 0 bridgehead atoms. The normalized spacial score (nSPS) is 10.0. The summed E-state index contributed by atoms with van der Waals surface area (Å²) < 4.78 is 18.2. The molecule has 0 spiro atoms. The van der Waals surface area contributed by atoms with E-state index >= 15 is 0 Å². The van der Waals surface area contributed by atoms with Gasteiger partial charge in [0.25, 0.3) is 0 Å². The van der Waals surface area contributed by atoms with E-state index in [1.54, 1.807) is 30.3 Å². The fourth-order valence-corrected chi connectivity index (χ4v) is 1.30. The van der Waals surface area contributed by atoms with Gasteiger partial charge in [-0.1, -0.05) is 23.7 Å². The summed E-state index contributed by atoms with van der Waals surface area (Å²) in [7, 11) is 0. The lowest BCUT2D eigenvalue weighted by molar-refractivity contribution is 0.477. The number of halogens is 2. The number of benzene rings is 2. The molecule has 0 N–H and O–H groups in total. The molecule has 0 aromatic heterocycles. The maximum absolute atomic E-state index is 12.9. The molecular formula is C12H7ClFO. The average Bonchev–Trinajstić information content (AvgIpc) is 2.22. The van der Waals surface area contributed by atoms with Crippen LogP contribution >= 0.6 is 11.6 Å². The van der Waals surface area contributed by atoms with Crippen molar-refractivity contribution in [2.24, 2.45) is 0 Å². The molecule has 0 unspecified atom stereocenters. The Balaban J connectivity index is 2.26. The monoisotopic (exact) mass is 221 g/mol. The molecule has 2 aromatic rings. The zero-order valence-electron chi connectivity index (χ0n) is 7.71. The van der Waals surface area contributed by atoms with Crippen molar-refractivity contribution in [2.45, 2.75) is 0 Å². The first-order chi connectivity index (χ1) is 7.25. The molecule has 0 aliphatic rings. The number of ether oxygens (including phenoxy) is 1. The Kier molecular flexibility index (Phi) is 2.88. The van der Waals surface area contributed by atoms with Gasteiger partial charge in [-0.15, -0.1) is 0 Å². The van der Waals surface area contributed by atoms with Crippen molar-refractivity contribution < 1.29 is 9.13 Å². The van der Waals surface area contributed by atoms with Crippen LogP contribution in [-0.4, -0.2) is 0 Å². The Labute approximate surface area is 92.1 Å². The highest BCUT2D eigenvalue weighted by Crippen LogP contribution is 2.28. The molecule has 1 radical (unpaired) electrons. The van der Waals surface area contributed by atoms with Gasteiger partial charge in [-0.05, 0) is 30.3 Å². The Morgan fingerprint density at radius 2 is 2.13 bits per heavy atom. The summed E-state index contributed by atoms with van der Waals surface area (Å²) in [5.41, 5.74) is 0. The Hall–Kier alpha value is -1.54. The van der Waals surface area contributed by atoms with Crippen molar-refractivity contribution >= 4 is 11.6 Å². The zero-order valence-corrected chi connectivity index (χ0v) is 8.46. The lowest BCUT2D eigenvalue weighted by Gasteiger charge is -2.06. The Morgan fingerprint density at radius 3 is 2.87 bits per heavy atom. The summed E-state index contributed by atoms with van der Waals surface area (Å²) in [6.07, 6.45) is 0. The van der Waals surface area contributed by atoms with E-state index in [4.69, 9.17) is 16.3 Å². The first-order valence-electron chi connectivity index (χ1n) is 4.35. The molecule has 15 heavy (non-hydrogen) atoms. The quantitative estimate of drug-likeness (QED) is 0.743. The van der Waals surface area contributed by atoms with Crippen LogP contribution in [0, 0.1) is 11.9 Å². The lowest BCUT2D eigenvalue weighted by atomic mass is 10.3. The van der Waals surface area contributed by atoms with E-state index in [1.807, 2.05) is 0 Å². The molecule has 0 amide bonds. The highest BCUT2D eigenvalue weighted by molar-refractivity contribution is 6.32. The first kappa shape index (κ1) is 9.99. The predicted octanol–water partition coefficient (Wildman–Crippen LogP) is 4.07. The van der Waals surface area contributed by atoms with Gasteiger partial charge in [0.15, 0.2) is 0 Å². The third-order valence-electron chi connectivity index (χ3n) is 1.80. The van der Waals surface area contributed by atoms with Crippen molar-refractivity contribution in [1.29, 1.82) is 0 Å². The second kappa shape index (κ2) is 4.32. The fourth-order valence-electron chi connectivity index (χ4n) is 1.14. The summed E-state index contributed by atoms with van der Waals surface area (Å²) in [5, 5.41) is 0.446. The summed E-state index contributed by atoms with van der Waals surface area (Å²) in [6, 6.07) is 13.7. The van der Waals surface area contributed by atoms with Crippen LogP contribution in [-0.2, 0) is 0 Å². The molecule has 0 atom stereocenters. The molecule has 0 aliphatic carbocycles.